The maximum absolute atomic E-state index is 13.7. The Balaban J connectivity index is 1.71. The number of hydrogen-bond acceptors (Lipinski definition) is 5. The number of halogens is 2. The molecule has 1 unspecified atom stereocenters. The molecule has 1 aromatic carbocycles. The van der Waals surface area contributed by atoms with E-state index in [0.29, 0.717) is 10.6 Å². The molecule has 2 N–H and O–H groups in total. The van der Waals surface area contributed by atoms with E-state index in [9.17, 15) is 23.2 Å². The van der Waals surface area contributed by atoms with E-state index in [1.807, 2.05) is 6.92 Å². The molecule has 2 aromatic rings. The van der Waals surface area contributed by atoms with Gasteiger partial charge in [-0.1, -0.05) is 0 Å². The molecule has 0 aliphatic heterocycles. The van der Waals surface area contributed by atoms with Gasteiger partial charge in [0.05, 0.1) is 11.3 Å². The van der Waals surface area contributed by atoms with E-state index < -0.39 is 29.6 Å². The number of esters is 1. The van der Waals surface area contributed by atoms with Crippen LogP contribution in [0.5, 0.6) is 0 Å². The zero-order valence-corrected chi connectivity index (χ0v) is 16.9. The first-order chi connectivity index (χ1) is 13.7. The summed E-state index contributed by atoms with van der Waals surface area (Å²) in [4.78, 5) is 37.8. The molecule has 1 aromatic heterocycles. The van der Waals surface area contributed by atoms with Crippen molar-refractivity contribution in [1.82, 2.24) is 0 Å². The highest BCUT2D eigenvalue weighted by Crippen LogP contribution is 2.36. The van der Waals surface area contributed by atoms with Gasteiger partial charge in [-0.3, -0.25) is 9.59 Å². The van der Waals surface area contributed by atoms with Gasteiger partial charge in [0, 0.05) is 16.9 Å². The molecule has 1 aliphatic rings. The van der Waals surface area contributed by atoms with Crippen molar-refractivity contribution in [3.05, 3.63) is 45.8 Å². The SMILES string of the molecule is Cc1sc(NC(=O)C2CC2)c(C(=O)OC(C)C(=O)Nc2cc(F)ccc2F)c1C. The summed E-state index contributed by atoms with van der Waals surface area (Å²) in [6.07, 6.45) is 0.378. The molecule has 1 atom stereocenters. The van der Waals surface area contributed by atoms with Crippen LogP contribution in [-0.2, 0) is 14.3 Å². The zero-order valence-electron chi connectivity index (χ0n) is 16.1. The standard InChI is InChI=1S/C20H20F2N2O4S/c1-9-11(3)29-19(24-18(26)12-4-5-12)16(9)20(27)28-10(2)17(25)23-15-8-13(21)6-7-14(15)22/h6-8,10,12H,4-5H2,1-3H3,(H,23,25)(H,24,26). The van der Waals surface area contributed by atoms with E-state index in [4.69, 9.17) is 4.74 Å². The second-order valence-corrected chi connectivity index (χ2v) is 8.14. The van der Waals surface area contributed by atoms with Crippen molar-refractivity contribution in [3.8, 4) is 0 Å². The lowest BCUT2D eigenvalue weighted by molar-refractivity contribution is -0.123. The van der Waals surface area contributed by atoms with Crippen molar-refractivity contribution in [1.29, 1.82) is 0 Å². The Kier molecular flexibility index (Phi) is 5.97. The summed E-state index contributed by atoms with van der Waals surface area (Å²) in [6, 6.07) is 2.64. The van der Waals surface area contributed by atoms with Gasteiger partial charge < -0.3 is 15.4 Å². The lowest BCUT2D eigenvalue weighted by Gasteiger charge is -2.15. The molecule has 0 bridgehead atoms. The number of anilines is 2. The normalized spacial score (nSPS) is 14.2. The number of carbonyl (C=O) groups is 3. The number of hydrogen-bond donors (Lipinski definition) is 2. The van der Waals surface area contributed by atoms with Crippen LogP contribution in [0.25, 0.3) is 0 Å². The second-order valence-electron chi connectivity index (χ2n) is 6.91. The maximum Gasteiger partial charge on any atom is 0.342 e. The molecule has 0 radical (unpaired) electrons. The van der Waals surface area contributed by atoms with Gasteiger partial charge in [-0.2, -0.15) is 0 Å². The van der Waals surface area contributed by atoms with Crippen molar-refractivity contribution in [3.63, 3.8) is 0 Å². The van der Waals surface area contributed by atoms with Crippen LogP contribution in [0.3, 0.4) is 0 Å². The third-order valence-corrected chi connectivity index (χ3v) is 5.74. The van der Waals surface area contributed by atoms with Crippen LogP contribution in [-0.4, -0.2) is 23.9 Å². The van der Waals surface area contributed by atoms with Crippen molar-refractivity contribution < 1.29 is 27.9 Å². The van der Waals surface area contributed by atoms with Gasteiger partial charge in [0.1, 0.15) is 16.6 Å². The van der Waals surface area contributed by atoms with E-state index in [0.717, 1.165) is 35.9 Å². The molecule has 0 spiro atoms. The maximum atomic E-state index is 13.7. The second kappa shape index (κ2) is 8.28. The monoisotopic (exact) mass is 422 g/mol. The fourth-order valence-corrected chi connectivity index (χ4v) is 3.67. The fraction of sp³-hybridized carbons (Fsp3) is 0.350. The average Bonchev–Trinajstić information content (AvgIpc) is 3.45. The molecule has 0 saturated heterocycles. The summed E-state index contributed by atoms with van der Waals surface area (Å²) >= 11 is 1.26. The van der Waals surface area contributed by atoms with Crippen LogP contribution >= 0.6 is 11.3 Å². The molecule has 154 valence electrons. The molecule has 6 nitrogen and oxygen atoms in total. The number of amides is 2. The molecule has 2 amide bonds. The molecular weight excluding hydrogens is 402 g/mol. The number of nitrogens with one attached hydrogen (secondary N) is 2. The minimum atomic E-state index is -1.27. The molecular formula is C20H20F2N2O4S. The Hall–Kier alpha value is -2.81. The number of carbonyl (C=O) groups excluding carboxylic acids is 3. The highest BCUT2D eigenvalue weighted by atomic mass is 32.1. The van der Waals surface area contributed by atoms with Crippen molar-refractivity contribution >= 4 is 39.8 Å². The Morgan fingerprint density at radius 1 is 1.17 bits per heavy atom. The Bertz CT molecular complexity index is 985. The third-order valence-electron chi connectivity index (χ3n) is 4.61. The highest BCUT2D eigenvalue weighted by Gasteiger charge is 2.32. The smallest absolute Gasteiger partial charge is 0.342 e. The van der Waals surface area contributed by atoms with Gasteiger partial charge in [-0.15, -0.1) is 11.3 Å². The number of ether oxygens (including phenoxy) is 1. The Labute approximate surface area is 170 Å². The topological polar surface area (TPSA) is 84.5 Å². The predicted molar refractivity (Wildman–Crippen MR) is 105 cm³/mol. The van der Waals surface area contributed by atoms with Crippen molar-refractivity contribution in [2.45, 2.75) is 39.7 Å². The van der Waals surface area contributed by atoms with E-state index in [1.54, 1.807) is 6.92 Å². The third kappa shape index (κ3) is 4.79. The van der Waals surface area contributed by atoms with Crippen LogP contribution in [0, 0.1) is 31.4 Å². The molecule has 1 fully saturated rings. The van der Waals surface area contributed by atoms with E-state index >= 15 is 0 Å². The van der Waals surface area contributed by atoms with Crippen molar-refractivity contribution in [2.24, 2.45) is 5.92 Å². The fourth-order valence-electron chi connectivity index (χ4n) is 2.62. The number of thiophene rings is 1. The van der Waals surface area contributed by atoms with Crippen molar-refractivity contribution in [2.75, 3.05) is 10.6 Å². The minimum absolute atomic E-state index is 0.0348. The van der Waals surface area contributed by atoms with Gasteiger partial charge >= 0.3 is 5.97 Å². The van der Waals surface area contributed by atoms with Crippen LogP contribution in [0.4, 0.5) is 19.5 Å². The van der Waals surface area contributed by atoms with Gasteiger partial charge in [-0.05, 0) is 51.3 Å². The summed E-state index contributed by atoms with van der Waals surface area (Å²) in [6.45, 7) is 4.86. The van der Waals surface area contributed by atoms with Gasteiger partial charge in [0.25, 0.3) is 5.91 Å². The molecule has 1 heterocycles. The summed E-state index contributed by atoms with van der Waals surface area (Å²) in [5.74, 6) is -3.30. The molecule has 1 aliphatic carbocycles. The first-order valence-corrected chi connectivity index (χ1v) is 9.86. The van der Waals surface area contributed by atoms with Gasteiger partial charge in [0.15, 0.2) is 6.10 Å². The quantitative estimate of drug-likeness (QED) is 0.684. The molecule has 9 heteroatoms. The first kappa shape index (κ1) is 20.9. The predicted octanol–water partition coefficient (Wildman–Crippen LogP) is 4.18. The van der Waals surface area contributed by atoms with Gasteiger partial charge in [0.2, 0.25) is 5.91 Å². The summed E-state index contributed by atoms with van der Waals surface area (Å²) in [7, 11) is 0. The van der Waals surface area contributed by atoms with E-state index in [-0.39, 0.29) is 23.1 Å². The highest BCUT2D eigenvalue weighted by molar-refractivity contribution is 7.16. The van der Waals surface area contributed by atoms with Crippen LogP contribution < -0.4 is 10.6 Å². The number of benzene rings is 1. The molecule has 1 saturated carbocycles. The van der Waals surface area contributed by atoms with E-state index in [2.05, 4.69) is 10.6 Å². The zero-order chi connectivity index (χ0) is 21.3. The van der Waals surface area contributed by atoms with Gasteiger partial charge in [-0.25, -0.2) is 13.6 Å². The first-order valence-electron chi connectivity index (χ1n) is 9.05. The summed E-state index contributed by atoms with van der Waals surface area (Å²) in [5.41, 5.74) is 0.491. The van der Waals surface area contributed by atoms with Crippen LogP contribution in [0.1, 0.15) is 40.6 Å². The van der Waals surface area contributed by atoms with Crippen LogP contribution in [0.15, 0.2) is 18.2 Å². The summed E-state index contributed by atoms with van der Waals surface area (Å²) in [5, 5.41) is 5.34. The van der Waals surface area contributed by atoms with E-state index in [1.165, 1.54) is 18.3 Å². The minimum Gasteiger partial charge on any atom is -0.449 e. The molecule has 3 rings (SSSR count). The molecule has 29 heavy (non-hydrogen) atoms. The van der Waals surface area contributed by atoms with Crippen LogP contribution in [0.2, 0.25) is 0 Å². The average molecular weight is 422 g/mol. The number of rotatable bonds is 6. The summed E-state index contributed by atoms with van der Waals surface area (Å²) < 4.78 is 32.2. The Morgan fingerprint density at radius 3 is 2.52 bits per heavy atom. The lowest BCUT2D eigenvalue weighted by Crippen LogP contribution is -2.30. The largest absolute Gasteiger partial charge is 0.449 e. The lowest BCUT2D eigenvalue weighted by atomic mass is 10.1. The Morgan fingerprint density at radius 2 is 1.86 bits per heavy atom. The number of aryl methyl sites for hydroxylation is 1.